The Morgan fingerprint density at radius 1 is 1.42 bits per heavy atom. The molecule has 0 radical (unpaired) electrons. The van der Waals surface area contributed by atoms with E-state index >= 15 is 0 Å². The van der Waals surface area contributed by atoms with E-state index in [4.69, 9.17) is 11.6 Å². The molecule has 64 valence electrons. The first-order chi connectivity index (χ1) is 5.86. The molecule has 0 aromatic heterocycles. The largest absolute Gasteiger partial charge is 0.316 e. The average molecular weight is 182 g/mol. The topological polar surface area (TPSA) is 12.0 Å². The zero-order chi connectivity index (χ0) is 8.39. The van der Waals surface area contributed by atoms with Gasteiger partial charge in [-0.25, -0.2) is 0 Å². The van der Waals surface area contributed by atoms with Crippen molar-refractivity contribution in [3.05, 3.63) is 34.9 Å². The molecule has 1 aromatic rings. The summed E-state index contributed by atoms with van der Waals surface area (Å²) in [4.78, 5) is 0. The fraction of sp³-hybridized carbons (Fsp3) is 0.400. The highest BCUT2D eigenvalue weighted by Gasteiger charge is 2.15. The van der Waals surface area contributed by atoms with Gasteiger partial charge in [0.05, 0.1) is 0 Å². The molecule has 1 saturated heterocycles. The van der Waals surface area contributed by atoms with Crippen molar-refractivity contribution in [2.24, 2.45) is 0 Å². The van der Waals surface area contributed by atoms with Crippen LogP contribution in [0.15, 0.2) is 24.3 Å². The molecule has 0 unspecified atom stereocenters. The molecule has 1 nitrogen and oxygen atoms in total. The van der Waals surface area contributed by atoms with Gasteiger partial charge in [0.15, 0.2) is 0 Å². The lowest BCUT2D eigenvalue weighted by Gasteiger charge is -2.07. The van der Waals surface area contributed by atoms with Gasteiger partial charge in [0, 0.05) is 11.6 Å². The standard InChI is InChI=1S/C10H12ClN/c11-10-3-1-2-8(6-10)9-4-5-12-7-9/h1-3,6,9,12H,4-5,7H2/t9-/m0/s1. The number of halogens is 1. The summed E-state index contributed by atoms with van der Waals surface area (Å²) in [5.41, 5.74) is 1.37. The van der Waals surface area contributed by atoms with E-state index in [0.717, 1.165) is 18.1 Å². The van der Waals surface area contributed by atoms with Crippen LogP contribution in [-0.2, 0) is 0 Å². The van der Waals surface area contributed by atoms with E-state index in [0.29, 0.717) is 5.92 Å². The molecule has 1 atom stereocenters. The van der Waals surface area contributed by atoms with Gasteiger partial charge in [-0.05, 0) is 36.6 Å². The SMILES string of the molecule is Clc1cccc([C@H]2CCNC2)c1. The van der Waals surface area contributed by atoms with Crippen LogP contribution in [0.4, 0.5) is 0 Å². The summed E-state index contributed by atoms with van der Waals surface area (Å²) in [6, 6.07) is 8.17. The molecule has 2 heteroatoms. The summed E-state index contributed by atoms with van der Waals surface area (Å²) in [6.45, 7) is 2.23. The summed E-state index contributed by atoms with van der Waals surface area (Å²) in [5.74, 6) is 0.670. The molecule has 1 N–H and O–H groups in total. The maximum Gasteiger partial charge on any atom is 0.0408 e. The Kier molecular flexibility index (Phi) is 2.33. The molecule has 1 heterocycles. The third-order valence-corrected chi connectivity index (χ3v) is 2.62. The lowest BCUT2D eigenvalue weighted by molar-refractivity contribution is 0.763. The molecule has 0 bridgehead atoms. The average Bonchev–Trinajstić information content (AvgIpc) is 2.56. The monoisotopic (exact) mass is 181 g/mol. The highest BCUT2D eigenvalue weighted by atomic mass is 35.5. The molecular weight excluding hydrogens is 170 g/mol. The summed E-state index contributed by atoms with van der Waals surface area (Å²) in [7, 11) is 0. The Balaban J connectivity index is 2.21. The van der Waals surface area contributed by atoms with Crippen LogP contribution in [0.3, 0.4) is 0 Å². The van der Waals surface area contributed by atoms with E-state index in [9.17, 15) is 0 Å². The van der Waals surface area contributed by atoms with Gasteiger partial charge in [0.25, 0.3) is 0 Å². The molecule has 1 aromatic carbocycles. The lowest BCUT2D eigenvalue weighted by Crippen LogP contribution is -2.07. The Bertz CT molecular complexity index is 266. The Morgan fingerprint density at radius 2 is 2.33 bits per heavy atom. The molecular formula is C10H12ClN. The van der Waals surface area contributed by atoms with E-state index in [2.05, 4.69) is 17.4 Å². The highest BCUT2D eigenvalue weighted by Crippen LogP contribution is 2.24. The fourth-order valence-corrected chi connectivity index (χ4v) is 1.90. The third-order valence-electron chi connectivity index (χ3n) is 2.38. The quantitative estimate of drug-likeness (QED) is 0.702. The molecule has 0 spiro atoms. The minimum Gasteiger partial charge on any atom is -0.316 e. The number of hydrogen-bond acceptors (Lipinski definition) is 1. The molecule has 1 aliphatic heterocycles. The molecule has 12 heavy (non-hydrogen) atoms. The van der Waals surface area contributed by atoms with Gasteiger partial charge in [-0.3, -0.25) is 0 Å². The van der Waals surface area contributed by atoms with Crippen LogP contribution in [0.5, 0.6) is 0 Å². The molecule has 1 fully saturated rings. The molecule has 1 aliphatic rings. The summed E-state index contributed by atoms with van der Waals surface area (Å²) < 4.78 is 0. The highest BCUT2D eigenvalue weighted by molar-refractivity contribution is 6.30. The predicted octanol–water partition coefficient (Wildman–Crippen LogP) is 2.42. The predicted molar refractivity (Wildman–Crippen MR) is 51.7 cm³/mol. The van der Waals surface area contributed by atoms with Crippen molar-refractivity contribution in [3.63, 3.8) is 0 Å². The van der Waals surface area contributed by atoms with Crippen LogP contribution in [-0.4, -0.2) is 13.1 Å². The van der Waals surface area contributed by atoms with Crippen LogP contribution in [0.25, 0.3) is 0 Å². The number of hydrogen-bond donors (Lipinski definition) is 1. The van der Waals surface area contributed by atoms with Gasteiger partial charge < -0.3 is 5.32 Å². The molecule has 0 amide bonds. The zero-order valence-electron chi connectivity index (χ0n) is 6.89. The van der Waals surface area contributed by atoms with Gasteiger partial charge in [-0.15, -0.1) is 0 Å². The van der Waals surface area contributed by atoms with Crippen LogP contribution in [0.1, 0.15) is 17.9 Å². The molecule has 2 rings (SSSR count). The lowest BCUT2D eigenvalue weighted by atomic mass is 9.99. The first-order valence-corrected chi connectivity index (χ1v) is 4.70. The second kappa shape index (κ2) is 3.46. The molecule has 0 aliphatic carbocycles. The second-order valence-electron chi connectivity index (χ2n) is 3.24. The summed E-state index contributed by atoms with van der Waals surface area (Å²) in [6.07, 6.45) is 1.24. The van der Waals surface area contributed by atoms with E-state index in [1.807, 2.05) is 12.1 Å². The fourth-order valence-electron chi connectivity index (χ4n) is 1.70. The van der Waals surface area contributed by atoms with Gasteiger partial charge in [-0.1, -0.05) is 23.7 Å². The van der Waals surface area contributed by atoms with Crippen molar-refractivity contribution < 1.29 is 0 Å². The molecule has 0 saturated carbocycles. The van der Waals surface area contributed by atoms with Crippen molar-refractivity contribution in [3.8, 4) is 0 Å². The minimum absolute atomic E-state index is 0.670. The van der Waals surface area contributed by atoms with Crippen LogP contribution in [0, 0.1) is 0 Å². The number of rotatable bonds is 1. The van der Waals surface area contributed by atoms with Gasteiger partial charge in [-0.2, -0.15) is 0 Å². The van der Waals surface area contributed by atoms with Crippen molar-refractivity contribution in [2.45, 2.75) is 12.3 Å². The maximum atomic E-state index is 5.90. The van der Waals surface area contributed by atoms with E-state index < -0.39 is 0 Å². The third kappa shape index (κ3) is 1.62. The van der Waals surface area contributed by atoms with E-state index in [-0.39, 0.29) is 0 Å². The first-order valence-electron chi connectivity index (χ1n) is 4.32. The number of benzene rings is 1. The van der Waals surface area contributed by atoms with Gasteiger partial charge in [0.2, 0.25) is 0 Å². The normalized spacial score (nSPS) is 22.9. The van der Waals surface area contributed by atoms with Crippen molar-refractivity contribution in [2.75, 3.05) is 13.1 Å². The first kappa shape index (κ1) is 8.09. The van der Waals surface area contributed by atoms with Gasteiger partial charge >= 0.3 is 0 Å². The smallest absolute Gasteiger partial charge is 0.0408 e. The van der Waals surface area contributed by atoms with Crippen molar-refractivity contribution in [1.29, 1.82) is 0 Å². The number of nitrogens with one attached hydrogen (secondary N) is 1. The summed E-state index contributed by atoms with van der Waals surface area (Å²) in [5, 5.41) is 4.19. The maximum absolute atomic E-state index is 5.90. The van der Waals surface area contributed by atoms with Crippen LogP contribution in [0.2, 0.25) is 5.02 Å². The zero-order valence-corrected chi connectivity index (χ0v) is 7.64. The van der Waals surface area contributed by atoms with Crippen LogP contribution >= 0.6 is 11.6 Å². The minimum atomic E-state index is 0.670. The van der Waals surface area contributed by atoms with Gasteiger partial charge in [0.1, 0.15) is 0 Å². The Hall–Kier alpha value is -0.530. The Morgan fingerprint density at radius 3 is 3.00 bits per heavy atom. The van der Waals surface area contributed by atoms with E-state index in [1.54, 1.807) is 0 Å². The van der Waals surface area contributed by atoms with Crippen LogP contribution < -0.4 is 5.32 Å². The van der Waals surface area contributed by atoms with E-state index in [1.165, 1.54) is 12.0 Å². The van der Waals surface area contributed by atoms with Crippen molar-refractivity contribution >= 4 is 11.6 Å². The second-order valence-corrected chi connectivity index (χ2v) is 3.68. The summed E-state index contributed by atoms with van der Waals surface area (Å²) >= 11 is 5.90. The van der Waals surface area contributed by atoms with Crippen molar-refractivity contribution in [1.82, 2.24) is 5.32 Å². The Labute approximate surface area is 77.7 Å².